The Kier molecular flexibility index (Phi) is 3.88. The Hall–Kier alpha value is -1.53. The molecule has 0 unspecified atom stereocenters. The van der Waals surface area contributed by atoms with Crippen molar-refractivity contribution in [2.24, 2.45) is 0 Å². The summed E-state index contributed by atoms with van der Waals surface area (Å²) < 4.78 is 0. The maximum atomic E-state index is 10.4. The molecule has 3 nitrogen and oxygen atoms in total. The molecule has 0 radical (unpaired) electrons. The average molecular weight is 244 g/mol. The van der Waals surface area contributed by atoms with Gasteiger partial charge in [0, 0.05) is 6.54 Å². The second kappa shape index (κ2) is 5.41. The van der Waals surface area contributed by atoms with Gasteiger partial charge in [-0.05, 0) is 37.5 Å². The fourth-order valence-electron chi connectivity index (χ4n) is 2.55. The van der Waals surface area contributed by atoms with Crippen LogP contribution < -0.4 is 5.32 Å². The number of nitrogens with one attached hydrogen (secondary N) is 1. The fourth-order valence-corrected chi connectivity index (χ4v) is 2.55. The summed E-state index contributed by atoms with van der Waals surface area (Å²) in [6.07, 6.45) is 5.12. The summed E-state index contributed by atoms with van der Waals surface area (Å²) in [6.45, 7) is 2.50. The highest BCUT2D eigenvalue weighted by molar-refractivity contribution is 5.58. The highest BCUT2D eigenvalue weighted by Gasteiger charge is 2.28. The number of anilines is 1. The lowest BCUT2D eigenvalue weighted by Crippen LogP contribution is -2.38. The van der Waals surface area contributed by atoms with Crippen LogP contribution in [-0.2, 0) is 0 Å². The van der Waals surface area contributed by atoms with E-state index in [1.54, 1.807) is 0 Å². The van der Waals surface area contributed by atoms with Gasteiger partial charge in [0.25, 0.3) is 0 Å². The largest absolute Gasteiger partial charge is 0.388 e. The van der Waals surface area contributed by atoms with Crippen LogP contribution in [0, 0.1) is 18.3 Å². The Morgan fingerprint density at radius 3 is 2.72 bits per heavy atom. The standard InChI is InChI=1S/C15H20N2O/c1-12-5-6-14(13(9-12)10-16)17-11-15(18)7-3-2-4-8-15/h5-6,9,17-18H,2-4,7-8,11H2,1H3. The van der Waals surface area contributed by atoms with E-state index < -0.39 is 5.60 Å². The van der Waals surface area contributed by atoms with E-state index in [0.717, 1.165) is 36.9 Å². The third kappa shape index (κ3) is 3.02. The Balaban J connectivity index is 2.04. The van der Waals surface area contributed by atoms with E-state index in [9.17, 15) is 5.11 Å². The molecule has 1 aromatic rings. The molecule has 1 saturated carbocycles. The molecule has 0 aromatic heterocycles. The number of aryl methyl sites for hydroxylation is 1. The molecule has 96 valence electrons. The second-order valence-corrected chi connectivity index (χ2v) is 5.30. The van der Waals surface area contributed by atoms with Crippen molar-refractivity contribution in [2.45, 2.75) is 44.6 Å². The molecule has 1 aliphatic rings. The molecule has 1 fully saturated rings. The molecule has 0 aliphatic heterocycles. The van der Waals surface area contributed by atoms with Crippen LogP contribution >= 0.6 is 0 Å². The van der Waals surface area contributed by atoms with Crippen LogP contribution in [0.15, 0.2) is 18.2 Å². The SMILES string of the molecule is Cc1ccc(NCC2(O)CCCCC2)c(C#N)c1. The minimum atomic E-state index is -0.601. The number of hydrogen-bond donors (Lipinski definition) is 2. The van der Waals surface area contributed by atoms with Gasteiger partial charge in [-0.2, -0.15) is 5.26 Å². The number of nitriles is 1. The van der Waals surface area contributed by atoms with Gasteiger partial charge in [-0.3, -0.25) is 0 Å². The van der Waals surface area contributed by atoms with E-state index >= 15 is 0 Å². The maximum Gasteiger partial charge on any atom is 0.101 e. The zero-order valence-corrected chi connectivity index (χ0v) is 10.9. The summed E-state index contributed by atoms with van der Waals surface area (Å²) >= 11 is 0. The normalized spacial score (nSPS) is 18.1. The van der Waals surface area contributed by atoms with Crippen LogP contribution in [0.3, 0.4) is 0 Å². The van der Waals surface area contributed by atoms with Crippen molar-refractivity contribution < 1.29 is 5.11 Å². The van der Waals surface area contributed by atoms with Crippen molar-refractivity contribution in [1.82, 2.24) is 0 Å². The predicted molar refractivity (Wildman–Crippen MR) is 72.4 cm³/mol. The Morgan fingerprint density at radius 1 is 1.33 bits per heavy atom. The molecule has 0 bridgehead atoms. The zero-order valence-electron chi connectivity index (χ0n) is 10.9. The molecule has 1 aromatic carbocycles. The molecule has 0 amide bonds. The Morgan fingerprint density at radius 2 is 2.06 bits per heavy atom. The summed E-state index contributed by atoms with van der Waals surface area (Å²) in [4.78, 5) is 0. The van der Waals surface area contributed by atoms with Gasteiger partial charge >= 0.3 is 0 Å². The maximum absolute atomic E-state index is 10.4. The van der Waals surface area contributed by atoms with Crippen molar-refractivity contribution in [3.63, 3.8) is 0 Å². The number of aliphatic hydroxyl groups is 1. The molecular weight excluding hydrogens is 224 g/mol. The first-order valence-corrected chi connectivity index (χ1v) is 6.60. The lowest BCUT2D eigenvalue weighted by atomic mass is 9.85. The summed E-state index contributed by atoms with van der Waals surface area (Å²) in [7, 11) is 0. The van der Waals surface area contributed by atoms with Gasteiger partial charge < -0.3 is 10.4 Å². The van der Waals surface area contributed by atoms with Gasteiger partial charge in [0.15, 0.2) is 0 Å². The molecule has 0 atom stereocenters. The van der Waals surface area contributed by atoms with Gasteiger partial charge in [-0.15, -0.1) is 0 Å². The van der Waals surface area contributed by atoms with Gasteiger partial charge in [0.05, 0.1) is 16.9 Å². The van der Waals surface area contributed by atoms with E-state index in [0.29, 0.717) is 12.1 Å². The molecular formula is C15H20N2O. The van der Waals surface area contributed by atoms with Crippen molar-refractivity contribution >= 4 is 5.69 Å². The lowest BCUT2D eigenvalue weighted by Gasteiger charge is -2.32. The summed E-state index contributed by atoms with van der Waals surface area (Å²) in [5.41, 5.74) is 1.94. The summed E-state index contributed by atoms with van der Waals surface area (Å²) in [6, 6.07) is 7.96. The van der Waals surface area contributed by atoms with Crippen LogP contribution in [-0.4, -0.2) is 17.3 Å². The molecule has 0 saturated heterocycles. The highest BCUT2D eigenvalue weighted by Crippen LogP contribution is 2.28. The average Bonchev–Trinajstić information content (AvgIpc) is 2.38. The molecule has 1 aliphatic carbocycles. The van der Waals surface area contributed by atoms with Crippen molar-refractivity contribution in [1.29, 1.82) is 5.26 Å². The zero-order chi connectivity index (χ0) is 13.0. The van der Waals surface area contributed by atoms with Crippen LogP contribution in [0.5, 0.6) is 0 Å². The first kappa shape index (κ1) is 12.9. The van der Waals surface area contributed by atoms with Crippen LogP contribution in [0.25, 0.3) is 0 Å². The second-order valence-electron chi connectivity index (χ2n) is 5.30. The topological polar surface area (TPSA) is 56.0 Å². The quantitative estimate of drug-likeness (QED) is 0.859. The number of benzene rings is 1. The highest BCUT2D eigenvalue weighted by atomic mass is 16.3. The lowest BCUT2D eigenvalue weighted by molar-refractivity contribution is 0.0167. The first-order valence-electron chi connectivity index (χ1n) is 6.60. The Labute approximate surface area is 108 Å². The summed E-state index contributed by atoms with van der Waals surface area (Å²) in [5, 5.41) is 22.7. The third-order valence-corrected chi connectivity index (χ3v) is 3.69. The van der Waals surface area contributed by atoms with Crippen molar-refractivity contribution in [2.75, 3.05) is 11.9 Å². The fraction of sp³-hybridized carbons (Fsp3) is 0.533. The number of hydrogen-bond acceptors (Lipinski definition) is 3. The van der Waals surface area contributed by atoms with Crippen LogP contribution in [0.1, 0.15) is 43.2 Å². The van der Waals surface area contributed by atoms with E-state index in [-0.39, 0.29) is 0 Å². The third-order valence-electron chi connectivity index (χ3n) is 3.69. The van der Waals surface area contributed by atoms with E-state index in [4.69, 9.17) is 5.26 Å². The smallest absolute Gasteiger partial charge is 0.101 e. The number of rotatable bonds is 3. The molecule has 2 N–H and O–H groups in total. The van der Waals surface area contributed by atoms with E-state index in [1.165, 1.54) is 6.42 Å². The number of nitrogens with zero attached hydrogens (tertiary/aromatic N) is 1. The van der Waals surface area contributed by atoms with Gasteiger partial charge in [-0.25, -0.2) is 0 Å². The molecule has 0 heterocycles. The molecule has 2 rings (SSSR count). The molecule has 18 heavy (non-hydrogen) atoms. The van der Waals surface area contributed by atoms with E-state index in [2.05, 4.69) is 11.4 Å². The predicted octanol–water partition coefficient (Wildman–Crippen LogP) is 2.97. The summed E-state index contributed by atoms with van der Waals surface area (Å²) in [5.74, 6) is 0. The first-order chi connectivity index (χ1) is 8.63. The molecule has 3 heteroatoms. The Bertz CT molecular complexity index is 456. The minimum absolute atomic E-state index is 0.532. The van der Waals surface area contributed by atoms with Gasteiger partial charge in [0.1, 0.15) is 6.07 Å². The monoisotopic (exact) mass is 244 g/mol. The van der Waals surface area contributed by atoms with Crippen molar-refractivity contribution in [3.05, 3.63) is 29.3 Å². The van der Waals surface area contributed by atoms with Crippen LogP contribution in [0.2, 0.25) is 0 Å². The van der Waals surface area contributed by atoms with Gasteiger partial charge in [0.2, 0.25) is 0 Å². The minimum Gasteiger partial charge on any atom is -0.388 e. The van der Waals surface area contributed by atoms with Crippen LogP contribution in [0.4, 0.5) is 5.69 Å². The van der Waals surface area contributed by atoms with E-state index in [1.807, 2.05) is 25.1 Å². The molecule has 0 spiro atoms. The van der Waals surface area contributed by atoms with Crippen molar-refractivity contribution in [3.8, 4) is 6.07 Å². The van der Waals surface area contributed by atoms with Gasteiger partial charge in [-0.1, -0.05) is 25.3 Å².